The minimum absolute atomic E-state index is 1.01. The molecule has 10 rings (SSSR count). The number of hydrogen-bond donors (Lipinski definition) is 0. The Hall–Kier alpha value is -7.42. The Morgan fingerprint density at radius 3 is 1.36 bits per heavy atom. The van der Waals surface area contributed by atoms with Crippen LogP contribution in [0.4, 0.5) is 17.1 Å². The summed E-state index contributed by atoms with van der Waals surface area (Å²) in [4.78, 5) is 2.56. The van der Waals surface area contributed by atoms with Crippen LogP contribution in [0.15, 0.2) is 200 Å². The molecule has 2 nitrogen and oxygen atoms in total. The highest BCUT2D eigenvalue weighted by Crippen LogP contribution is 2.44. The second-order valence-corrected chi connectivity index (χ2v) is 20.5. The van der Waals surface area contributed by atoms with Crippen molar-refractivity contribution in [1.82, 2.24) is 4.57 Å². The van der Waals surface area contributed by atoms with Gasteiger partial charge in [-0.1, -0.05) is 210 Å². The fraction of sp³-hybridized carbons (Fsp3) is 0.239. The molecule has 1 heterocycles. The van der Waals surface area contributed by atoms with Crippen LogP contribution in [0, 0.1) is 13.8 Å². The summed E-state index contributed by atoms with van der Waals surface area (Å²) in [5, 5.41) is 2.57. The molecule has 10 aromatic rings. The van der Waals surface area contributed by atoms with Gasteiger partial charge in [-0.05, 0) is 174 Å². The second-order valence-electron chi connectivity index (χ2n) is 20.5. The number of aromatic nitrogens is 1. The zero-order valence-electron chi connectivity index (χ0n) is 43.9. The van der Waals surface area contributed by atoms with Gasteiger partial charge in [-0.2, -0.15) is 0 Å². The zero-order chi connectivity index (χ0) is 50.1. The SMILES string of the molecule is CCCCCCc1cc(N(c2ccc(-c3ccc(C)cc3)cc2)c2ccc(-c3ccc(CCC)cc3)cc2)c(CCCCCC)cc1-c1ccc2c(c1)c1ccccc1n2-c1ccc(-c2ccc(C)cc2)cc1. The Morgan fingerprint density at radius 2 is 0.822 bits per heavy atom. The van der Waals surface area contributed by atoms with Crippen molar-refractivity contribution in [2.75, 3.05) is 4.90 Å². The molecular weight excluding hydrogens is 881 g/mol. The van der Waals surface area contributed by atoms with Crippen LogP contribution in [0.2, 0.25) is 0 Å². The lowest BCUT2D eigenvalue weighted by molar-refractivity contribution is 0.664. The summed E-state index contributed by atoms with van der Waals surface area (Å²) in [6, 6.07) is 76.1. The molecule has 366 valence electrons. The quantitative estimate of drug-likeness (QED) is 0.0691. The maximum absolute atomic E-state index is 2.60. The molecule has 0 saturated carbocycles. The first-order valence-electron chi connectivity index (χ1n) is 27.4. The van der Waals surface area contributed by atoms with E-state index in [1.807, 2.05) is 0 Å². The molecule has 0 radical (unpaired) electrons. The smallest absolute Gasteiger partial charge is 0.0541 e. The van der Waals surface area contributed by atoms with E-state index in [0.717, 1.165) is 38.5 Å². The molecule has 0 bridgehead atoms. The van der Waals surface area contributed by atoms with Gasteiger partial charge in [0.25, 0.3) is 0 Å². The standard InChI is InChI=1S/C71H72N2/c1-6-9-11-13-18-60-50-71(72(63-41-34-57(35-42-63)54-28-22-51(4)23-29-54)64-43-36-59(37-44-64)56-32-26-53(17-8-3)27-33-56)62(19-14-12-10-7-2)49-67(60)61-40-47-70-68(48-61)66-20-15-16-21-69(66)73(70)65-45-38-58(39-46-65)55-30-24-52(5)25-31-55/h15-16,20-50H,6-14,17-19H2,1-5H3. The minimum atomic E-state index is 1.01. The van der Waals surface area contributed by atoms with Crippen LogP contribution in [-0.2, 0) is 19.3 Å². The first-order chi connectivity index (χ1) is 35.9. The van der Waals surface area contributed by atoms with Crippen LogP contribution in [0.25, 0.3) is 72.0 Å². The molecular formula is C71H72N2. The van der Waals surface area contributed by atoms with E-state index in [4.69, 9.17) is 0 Å². The summed E-state index contributed by atoms with van der Waals surface area (Å²) in [6.07, 6.45) is 14.0. The normalized spacial score (nSPS) is 11.5. The van der Waals surface area contributed by atoms with Gasteiger partial charge in [0, 0.05) is 33.5 Å². The number of unbranched alkanes of at least 4 members (excludes halogenated alkanes) is 6. The van der Waals surface area contributed by atoms with Crippen LogP contribution in [0.3, 0.4) is 0 Å². The third kappa shape index (κ3) is 11.0. The fourth-order valence-electron chi connectivity index (χ4n) is 10.9. The van der Waals surface area contributed by atoms with Gasteiger partial charge in [0.05, 0.1) is 11.0 Å². The Bertz CT molecular complexity index is 3390. The summed E-state index contributed by atoms with van der Waals surface area (Å²) in [5.41, 5.74) is 24.1. The van der Waals surface area contributed by atoms with Gasteiger partial charge in [-0.25, -0.2) is 0 Å². The van der Waals surface area contributed by atoms with E-state index in [2.05, 4.69) is 244 Å². The number of anilines is 3. The highest BCUT2D eigenvalue weighted by Gasteiger charge is 2.22. The molecule has 0 unspecified atom stereocenters. The average Bonchev–Trinajstić information content (AvgIpc) is 3.76. The van der Waals surface area contributed by atoms with Gasteiger partial charge in [-0.15, -0.1) is 0 Å². The van der Waals surface area contributed by atoms with E-state index in [1.165, 1.54) is 155 Å². The van der Waals surface area contributed by atoms with Crippen molar-refractivity contribution in [3.05, 3.63) is 228 Å². The second kappa shape index (κ2) is 23.0. The van der Waals surface area contributed by atoms with E-state index in [0.29, 0.717) is 0 Å². The Morgan fingerprint density at radius 1 is 0.356 bits per heavy atom. The first-order valence-corrected chi connectivity index (χ1v) is 27.4. The van der Waals surface area contributed by atoms with Gasteiger partial charge in [0.2, 0.25) is 0 Å². The molecule has 0 aliphatic rings. The van der Waals surface area contributed by atoms with Gasteiger partial charge in [0.1, 0.15) is 0 Å². The Balaban J connectivity index is 1.11. The van der Waals surface area contributed by atoms with Gasteiger partial charge in [-0.3, -0.25) is 0 Å². The van der Waals surface area contributed by atoms with Crippen LogP contribution < -0.4 is 4.90 Å². The highest BCUT2D eigenvalue weighted by molar-refractivity contribution is 6.10. The molecule has 0 atom stereocenters. The van der Waals surface area contributed by atoms with Crippen molar-refractivity contribution >= 4 is 38.9 Å². The molecule has 0 saturated heterocycles. The number of hydrogen-bond acceptors (Lipinski definition) is 1. The van der Waals surface area contributed by atoms with Gasteiger partial charge >= 0.3 is 0 Å². The van der Waals surface area contributed by atoms with Crippen molar-refractivity contribution in [2.45, 2.75) is 112 Å². The van der Waals surface area contributed by atoms with Crippen LogP contribution in [0.1, 0.15) is 106 Å². The van der Waals surface area contributed by atoms with Crippen molar-refractivity contribution in [1.29, 1.82) is 0 Å². The molecule has 0 aliphatic heterocycles. The lowest BCUT2D eigenvalue weighted by Crippen LogP contribution is -2.13. The Kier molecular flexibility index (Phi) is 15.5. The van der Waals surface area contributed by atoms with E-state index in [-0.39, 0.29) is 0 Å². The molecule has 73 heavy (non-hydrogen) atoms. The van der Waals surface area contributed by atoms with Crippen LogP contribution in [0.5, 0.6) is 0 Å². The molecule has 0 spiro atoms. The van der Waals surface area contributed by atoms with Crippen molar-refractivity contribution < 1.29 is 0 Å². The monoisotopic (exact) mass is 953 g/mol. The van der Waals surface area contributed by atoms with E-state index < -0.39 is 0 Å². The molecule has 2 heteroatoms. The lowest BCUT2D eigenvalue weighted by Gasteiger charge is -2.30. The summed E-state index contributed by atoms with van der Waals surface area (Å²) in [6.45, 7) is 11.2. The zero-order valence-corrected chi connectivity index (χ0v) is 43.9. The van der Waals surface area contributed by atoms with E-state index >= 15 is 0 Å². The first kappa shape index (κ1) is 49.2. The molecule has 0 amide bonds. The largest absolute Gasteiger partial charge is 0.310 e. The molecule has 0 fully saturated rings. The van der Waals surface area contributed by atoms with Crippen LogP contribution in [-0.4, -0.2) is 4.57 Å². The number of aryl methyl sites for hydroxylation is 5. The van der Waals surface area contributed by atoms with E-state index in [1.54, 1.807) is 0 Å². The van der Waals surface area contributed by atoms with Crippen molar-refractivity contribution in [2.24, 2.45) is 0 Å². The number of rotatable bonds is 20. The topological polar surface area (TPSA) is 8.17 Å². The van der Waals surface area contributed by atoms with E-state index in [9.17, 15) is 0 Å². The maximum atomic E-state index is 2.60. The van der Waals surface area contributed by atoms with Crippen molar-refractivity contribution in [3.63, 3.8) is 0 Å². The summed E-state index contributed by atoms with van der Waals surface area (Å²) in [7, 11) is 0. The lowest BCUT2D eigenvalue weighted by atomic mass is 9.89. The predicted molar refractivity (Wildman–Crippen MR) is 316 cm³/mol. The summed E-state index contributed by atoms with van der Waals surface area (Å²) < 4.78 is 2.45. The molecule has 0 N–H and O–H groups in total. The number of benzene rings is 9. The Labute approximate surface area is 436 Å². The van der Waals surface area contributed by atoms with Crippen LogP contribution >= 0.6 is 0 Å². The summed E-state index contributed by atoms with van der Waals surface area (Å²) in [5.74, 6) is 0. The average molecular weight is 953 g/mol. The fourth-order valence-corrected chi connectivity index (χ4v) is 10.9. The number of para-hydroxylation sites is 1. The molecule has 9 aromatic carbocycles. The van der Waals surface area contributed by atoms with Gasteiger partial charge < -0.3 is 9.47 Å². The molecule has 0 aliphatic carbocycles. The van der Waals surface area contributed by atoms with Gasteiger partial charge in [0.15, 0.2) is 0 Å². The highest BCUT2D eigenvalue weighted by atomic mass is 15.1. The minimum Gasteiger partial charge on any atom is -0.310 e. The predicted octanol–water partition coefficient (Wildman–Crippen LogP) is 20.7. The third-order valence-corrected chi connectivity index (χ3v) is 15.1. The number of fused-ring (bicyclic) bond motifs is 3. The van der Waals surface area contributed by atoms with Crippen molar-refractivity contribution in [3.8, 4) is 50.2 Å². The third-order valence-electron chi connectivity index (χ3n) is 15.1. The molecule has 1 aromatic heterocycles. The number of nitrogens with zero attached hydrogens (tertiary/aromatic N) is 2. The maximum Gasteiger partial charge on any atom is 0.0541 e. The summed E-state index contributed by atoms with van der Waals surface area (Å²) >= 11 is 0.